The van der Waals surface area contributed by atoms with Crippen LogP contribution in [0.1, 0.15) is 68.7 Å². The Kier molecular flexibility index (Phi) is 5.95. The van der Waals surface area contributed by atoms with Gasteiger partial charge in [-0.25, -0.2) is 0 Å². The number of piperidine rings is 1. The standard InChI is InChI=1S/C24H33N5OS/c1-17-12-14-28(15-13-17)23-25-26-24(29(23)19-10-11-19)31-16-22(30)27(2)21-9-5-7-18-6-3-4-8-20(18)21/h3-4,6,8,17,19,21H,5,7,9-16H2,1-2H3. The second-order valence-corrected chi connectivity index (χ2v) is 10.4. The SMILES string of the molecule is CC1CCN(c2nnc(SCC(=O)N(C)C3CCCc4ccccc43)n2C2CC2)CC1. The number of amides is 1. The molecule has 0 radical (unpaired) electrons. The Bertz CT molecular complexity index is 932. The third-order valence-electron chi connectivity index (χ3n) is 7.15. The van der Waals surface area contributed by atoms with Crippen molar-refractivity contribution < 1.29 is 4.79 Å². The molecule has 2 heterocycles. The van der Waals surface area contributed by atoms with Gasteiger partial charge in [-0.3, -0.25) is 9.36 Å². The average Bonchev–Trinajstić information content (AvgIpc) is 3.56. The Hall–Kier alpha value is -2.02. The summed E-state index contributed by atoms with van der Waals surface area (Å²) in [6.45, 7) is 4.44. The van der Waals surface area contributed by atoms with Gasteiger partial charge in [0.25, 0.3) is 0 Å². The molecular weight excluding hydrogens is 406 g/mol. The van der Waals surface area contributed by atoms with E-state index in [1.54, 1.807) is 11.8 Å². The van der Waals surface area contributed by atoms with Crippen LogP contribution in [-0.4, -0.2) is 51.5 Å². The molecule has 1 aliphatic heterocycles. The summed E-state index contributed by atoms with van der Waals surface area (Å²) in [5.41, 5.74) is 2.71. The second kappa shape index (κ2) is 8.85. The van der Waals surface area contributed by atoms with Crippen molar-refractivity contribution >= 4 is 23.6 Å². The van der Waals surface area contributed by atoms with Crippen LogP contribution in [0.5, 0.6) is 0 Å². The molecule has 31 heavy (non-hydrogen) atoms. The predicted octanol–water partition coefficient (Wildman–Crippen LogP) is 4.48. The summed E-state index contributed by atoms with van der Waals surface area (Å²) in [7, 11) is 1.96. The number of rotatable bonds is 6. The van der Waals surface area contributed by atoms with Crippen molar-refractivity contribution in [2.45, 2.75) is 69.1 Å². The van der Waals surface area contributed by atoms with Crippen molar-refractivity contribution in [3.63, 3.8) is 0 Å². The number of aryl methyl sites for hydroxylation is 1. The largest absolute Gasteiger partial charge is 0.341 e. The highest BCUT2D eigenvalue weighted by Gasteiger charge is 2.33. The minimum atomic E-state index is 0.172. The molecule has 2 fully saturated rings. The summed E-state index contributed by atoms with van der Waals surface area (Å²) in [4.78, 5) is 17.4. The molecule has 2 aromatic rings. The van der Waals surface area contributed by atoms with E-state index in [0.717, 1.165) is 49.4 Å². The molecule has 3 aliphatic rings. The summed E-state index contributed by atoms with van der Waals surface area (Å²) in [5.74, 6) is 2.39. The third kappa shape index (κ3) is 4.34. The highest BCUT2D eigenvalue weighted by atomic mass is 32.2. The first-order valence-electron chi connectivity index (χ1n) is 11.8. The highest BCUT2D eigenvalue weighted by Crippen LogP contribution is 2.41. The molecule has 1 aromatic carbocycles. The van der Waals surface area contributed by atoms with Crippen LogP contribution in [0, 0.1) is 5.92 Å². The van der Waals surface area contributed by atoms with Gasteiger partial charge in [-0.1, -0.05) is 43.0 Å². The molecule has 0 N–H and O–H groups in total. The first kappa shape index (κ1) is 20.9. The summed E-state index contributed by atoms with van der Waals surface area (Å²) in [6.07, 6.45) is 8.11. The van der Waals surface area contributed by atoms with Gasteiger partial charge in [0, 0.05) is 26.2 Å². The van der Waals surface area contributed by atoms with E-state index in [-0.39, 0.29) is 11.9 Å². The van der Waals surface area contributed by atoms with E-state index in [4.69, 9.17) is 0 Å². The Morgan fingerprint density at radius 1 is 1.13 bits per heavy atom. The molecule has 2 aliphatic carbocycles. The molecule has 6 nitrogen and oxygen atoms in total. The van der Waals surface area contributed by atoms with Gasteiger partial charge in [-0.2, -0.15) is 0 Å². The van der Waals surface area contributed by atoms with Gasteiger partial charge in [0.15, 0.2) is 5.16 Å². The fourth-order valence-electron chi connectivity index (χ4n) is 4.98. The number of benzene rings is 1. The number of hydrogen-bond donors (Lipinski definition) is 0. The van der Waals surface area contributed by atoms with Crippen molar-refractivity contribution in [2.24, 2.45) is 5.92 Å². The maximum absolute atomic E-state index is 13.1. The minimum absolute atomic E-state index is 0.172. The van der Waals surface area contributed by atoms with Crippen molar-refractivity contribution in [1.82, 2.24) is 19.7 Å². The van der Waals surface area contributed by atoms with E-state index < -0.39 is 0 Å². The minimum Gasteiger partial charge on any atom is -0.341 e. The second-order valence-electron chi connectivity index (χ2n) is 9.45. The zero-order valence-electron chi connectivity index (χ0n) is 18.7. The van der Waals surface area contributed by atoms with Gasteiger partial charge in [0.2, 0.25) is 11.9 Å². The van der Waals surface area contributed by atoms with E-state index in [0.29, 0.717) is 11.8 Å². The van der Waals surface area contributed by atoms with Crippen LogP contribution in [0.25, 0.3) is 0 Å². The Balaban J connectivity index is 1.27. The molecule has 5 rings (SSSR count). The number of carbonyl (C=O) groups excluding carboxylic acids is 1. The molecule has 1 saturated carbocycles. The number of aromatic nitrogens is 3. The fourth-order valence-corrected chi connectivity index (χ4v) is 5.90. The van der Waals surface area contributed by atoms with Crippen LogP contribution in [0.4, 0.5) is 5.95 Å². The molecular formula is C24H33N5OS. The molecule has 1 aromatic heterocycles. The van der Waals surface area contributed by atoms with Crippen LogP contribution in [0.15, 0.2) is 29.4 Å². The lowest BCUT2D eigenvalue weighted by Gasteiger charge is -2.33. The van der Waals surface area contributed by atoms with Crippen LogP contribution >= 0.6 is 11.8 Å². The average molecular weight is 440 g/mol. The van der Waals surface area contributed by atoms with Crippen LogP contribution in [0.3, 0.4) is 0 Å². The molecule has 0 bridgehead atoms. The maximum atomic E-state index is 13.1. The zero-order valence-corrected chi connectivity index (χ0v) is 19.5. The number of nitrogens with zero attached hydrogens (tertiary/aromatic N) is 5. The van der Waals surface area contributed by atoms with Crippen molar-refractivity contribution in [2.75, 3.05) is 30.8 Å². The highest BCUT2D eigenvalue weighted by molar-refractivity contribution is 7.99. The van der Waals surface area contributed by atoms with E-state index in [2.05, 4.69) is 50.9 Å². The van der Waals surface area contributed by atoms with E-state index in [1.807, 2.05) is 11.9 Å². The topological polar surface area (TPSA) is 54.3 Å². The van der Waals surface area contributed by atoms with Crippen LogP contribution < -0.4 is 4.90 Å². The van der Waals surface area contributed by atoms with Crippen LogP contribution in [-0.2, 0) is 11.2 Å². The Morgan fingerprint density at radius 3 is 2.68 bits per heavy atom. The number of anilines is 1. The normalized spacial score (nSPS) is 21.7. The summed E-state index contributed by atoms with van der Waals surface area (Å²) >= 11 is 1.55. The molecule has 1 amide bonds. The summed E-state index contributed by atoms with van der Waals surface area (Å²) in [6, 6.07) is 9.27. The van der Waals surface area contributed by atoms with E-state index in [9.17, 15) is 4.79 Å². The van der Waals surface area contributed by atoms with Gasteiger partial charge in [0.1, 0.15) is 0 Å². The molecule has 0 spiro atoms. The Morgan fingerprint density at radius 2 is 1.90 bits per heavy atom. The lowest BCUT2D eigenvalue weighted by Crippen LogP contribution is -2.35. The van der Waals surface area contributed by atoms with E-state index in [1.165, 1.54) is 36.8 Å². The molecule has 7 heteroatoms. The first-order valence-corrected chi connectivity index (χ1v) is 12.8. The van der Waals surface area contributed by atoms with Gasteiger partial charge < -0.3 is 9.80 Å². The van der Waals surface area contributed by atoms with Crippen molar-refractivity contribution in [3.05, 3.63) is 35.4 Å². The Labute approximate surface area is 189 Å². The number of fused-ring (bicyclic) bond motifs is 1. The predicted molar refractivity (Wildman–Crippen MR) is 125 cm³/mol. The first-order chi connectivity index (χ1) is 15.1. The quantitative estimate of drug-likeness (QED) is 0.621. The molecule has 1 atom stereocenters. The zero-order chi connectivity index (χ0) is 21.4. The van der Waals surface area contributed by atoms with Gasteiger partial charge in [-0.05, 0) is 62.0 Å². The summed E-state index contributed by atoms with van der Waals surface area (Å²) < 4.78 is 2.31. The van der Waals surface area contributed by atoms with Crippen molar-refractivity contribution in [3.8, 4) is 0 Å². The molecule has 1 unspecified atom stereocenters. The number of hydrogen-bond acceptors (Lipinski definition) is 5. The molecule has 1 saturated heterocycles. The third-order valence-corrected chi connectivity index (χ3v) is 8.08. The maximum Gasteiger partial charge on any atom is 0.233 e. The fraction of sp³-hybridized carbons (Fsp3) is 0.625. The molecule has 166 valence electrons. The lowest BCUT2D eigenvalue weighted by molar-refractivity contribution is -0.129. The van der Waals surface area contributed by atoms with Gasteiger partial charge in [-0.15, -0.1) is 10.2 Å². The van der Waals surface area contributed by atoms with E-state index >= 15 is 0 Å². The number of thioether (sulfide) groups is 1. The monoisotopic (exact) mass is 439 g/mol. The van der Waals surface area contributed by atoms with Crippen LogP contribution in [0.2, 0.25) is 0 Å². The van der Waals surface area contributed by atoms with Crippen molar-refractivity contribution in [1.29, 1.82) is 0 Å². The van der Waals surface area contributed by atoms with Gasteiger partial charge >= 0.3 is 0 Å². The smallest absolute Gasteiger partial charge is 0.233 e. The summed E-state index contributed by atoms with van der Waals surface area (Å²) in [5, 5.41) is 9.98. The van der Waals surface area contributed by atoms with Gasteiger partial charge in [0.05, 0.1) is 11.8 Å². The lowest BCUT2D eigenvalue weighted by atomic mass is 9.87. The number of carbonyl (C=O) groups is 1.